The molecule has 1 heterocycles. The van der Waals surface area contributed by atoms with Gasteiger partial charge in [-0.25, -0.2) is 9.59 Å². The average molecular weight is 563 g/mol. The smallest absolute Gasteiger partial charge is 0.450 e. The number of rotatable bonds is 11. The second kappa shape index (κ2) is 13.5. The number of methoxy groups -OCH3 is 2. The molecule has 1 aromatic rings. The lowest BCUT2D eigenvalue weighted by molar-refractivity contribution is -0.172. The second-order valence-electron chi connectivity index (χ2n) is 7.85. The highest BCUT2D eigenvalue weighted by atomic mass is 35.5. The van der Waals surface area contributed by atoms with Gasteiger partial charge < -0.3 is 20.1 Å². The maximum Gasteiger partial charge on any atom is 0.450 e. The highest BCUT2D eigenvalue weighted by Crippen LogP contribution is 2.42. The van der Waals surface area contributed by atoms with Crippen molar-refractivity contribution >= 4 is 47.0 Å². The molecule has 13 heteroatoms. The van der Waals surface area contributed by atoms with Gasteiger partial charge in [0, 0.05) is 28.7 Å². The Morgan fingerprint density at radius 1 is 1.08 bits per heavy atom. The molecule has 1 aliphatic heterocycles. The Kier molecular flexibility index (Phi) is 11.1. The first-order chi connectivity index (χ1) is 17.4. The van der Waals surface area contributed by atoms with E-state index in [-0.39, 0.29) is 23.4 Å². The second-order valence-corrected chi connectivity index (χ2v) is 9.36. The Morgan fingerprint density at radius 2 is 1.70 bits per heavy atom. The third kappa shape index (κ3) is 8.00. The fraction of sp³-hybridized carbons (Fsp3) is 0.417. The van der Waals surface area contributed by atoms with Crippen LogP contribution in [0.5, 0.6) is 0 Å². The standard InChI is InChI=1S/C24H26ClF3N2O6S/c1-13-19(22(33)35-2)20(14-7-4-5-8-15(14)25)21(23(34)36-3)16(30-13)12-37-10-6-9-29-18(32)11-17(31)24(26,27)28/h4-5,7-8,20,30H,6,9-12H2,1-3H3,(H,29,32). The Labute approximate surface area is 221 Å². The molecule has 0 saturated carbocycles. The highest BCUT2D eigenvalue weighted by Gasteiger charge is 2.40. The summed E-state index contributed by atoms with van der Waals surface area (Å²) in [4.78, 5) is 48.0. The molecule has 1 unspecified atom stereocenters. The van der Waals surface area contributed by atoms with Gasteiger partial charge in [-0.2, -0.15) is 24.9 Å². The molecular formula is C24H26ClF3N2O6S. The lowest BCUT2D eigenvalue weighted by Gasteiger charge is -2.31. The van der Waals surface area contributed by atoms with Crippen LogP contribution in [-0.2, 0) is 28.7 Å². The fourth-order valence-electron chi connectivity index (χ4n) is 3.65. The minimum Gasteiger partial charge on any atom is -0.466 e. The van der Waals surface area contributed by atoms with E-state index >= 15 is 0 Å². The summed E-state index contributed by atoms with van der Waals surface area (Å²) in [5, 5.41) is 5.71. The van der Waals surface area contributed by atoms with Gasteiger partial charge in [0.1, 0.15) is 0 Å². The van der Waals surface area contributed by atoms with E-state index in [0.717, 1.165) is 0 Å². The monoisotopic (exact) mass is 562 g/mol. The predicted molar refractivity (Wildman–Crippen MR) is 132 cm³/mol. The van der Waals surface area contributed by atoms with Crippen LogP contribution < -0.4 is 10.6 Å². The van der Waals surface area contributed by atoms with E-state index in [1.54, 1.807) is 31.2 Å². The summed E-state index contributed by atoms with van der Waals surface area (Å²) in [6, 6.07) is 6.79. The lowest BCUT2D eigenvalue weighted by Crippen LogP contribution is -2.34. The first-order valence-corrected chi connectivity index (χ1v) is 12.5. The van der Waals surface area contributed by atoms with Crippen LogP contribution in [0.25, 0.3) is 0 Å². The number of hydrogen-bond donors (Lipinski definition) is 2. The Bertz CT molecular complexity index is 1120. The molecule has 2 N–H and O–H groups in total. The Balaban J connectivity index is 2.15. The zero-order valence-corrected chi connectivity index (χ0v) is 21.9. The first kappa shape index (κ1) is 30.2. The zero-order valence-electron chi connectivity index (χ0n) is 20.3. The highest BCUT2D eigenvalue weighted by molar-refractivity contribution is 7.99. The fourth-order valence-corrected chi connectivity index (χ4v) is 4.82. The summed E-state index contributed by atoms with van der Waals surface area (Å²) >= 11 is 7.81. The number of Topliss-reactive ketones (excluding diaryl/α,β-unsaturated/α-hetero) is 1. The third-order valence-corrected chi connectivity index (χ3v) is 6.76. The van der Waals surface area contributed by atoms with Crippen molar-refractivity contribution in [1.29, 1.82) is 0 Å². The molecule has 0 saturated heterocycles. The van der Waals surface area contributed by atoms with E-state index in [1.165, 1.54) is 26.0 Å². The summed E-state index contributed by atoms with van der Waals surface area (Å²) in [6.07, 6.45) is -5.91. The predicted octanol–water partition coefficient (Wildman–Crippen LogP) is 3.66. The number of carbonyl (C=O) groups is 4. The molecule has 0 spiro atoms. The van der Waals surface area contributed by atoms with Crippen molar-refractivity contribution < 1.29 is 41.8 Å². The minimum absolute atomic E-state index is 0.0704. The van der Waals surface area contributed by atoms with Crippen molar-refractivity contribution in [1.82, 2.24) is 10.6 Å². The molecule has 202 valence electrons. The molecule has 1 aliphatic rings. The van der Waals surface area contributed by atoms with Gasteiger partial charge in [0.05, 0.1) is 37.7 Å². The quantitative estimate of drug-likeness (QED) is 0.239. The van der Waals surface area contributed by atoms with Crippen LogP contribution in [0.3, 0.4) is 0 Å². The number of amides is 1. The molecule has 8 nitrogen and oxygen atoms in total. The van der Waals surface area contributed by atoms with Gasteiger partial charge in [-0.15, -0.1) is 0 Å². The Hall–Kier alpha value is -2.99. The average Bonchev–Trinajstić information content (AvgIpc) is 2.84. The van der Waals surface area contributed by atoms with Crippen molar-refractivity contribution in [3.8, 4) is 0 Å². The molecule has 1 atom stereocenters. The summed E-state index contributed by atoms with van der Waals surface area (Å²) in [5.41, 5.74) is 1.88. The number of ether oxygens (including phenoxy) is 2. The number of ketones is 1. The maximum atomic E-state index is 12.9. The maximum absolute atomic E-state index is 12.9. The molecule has 0 radical (unpaired) electrons. The van der Waals surface area contributed by atoms with E-state index in [2.05, 4.69) is 10.6 Å². The summed E-state index contributed by atoms with van der Waals surface area (Å²) in [5.74, 6) is -4.50. The number of esters is 2. The minimum atomic E-state index is -5.05. The molecule has 0 aromatic heterocycles. The molecule has 0 bridgehead atoms. The molecule has 2 rings (SSSR count). The third-order valence-electron chi connectivity index (χ3n) is 5.34. The normalized spacial score (nSPS) is 15.7. The van der Waals surface area contributed by atoms with Gasteiger partial charge in [0.2, 0.25) is 11.7 Å². The molecule has 0 fully saturated rings. The molecule has 0 aliphatic carbocycles. The SMILES string of the molecule is COC(=O)C1=C(C)NC(CSCCCNC(=O)CC(=O)C(F)(F)F)=C(C(=O)OC)C1c1ccccc1Cl. The van der Waals surface area contributed by atoms with Crippen molar-refractivity contribution in [2.24, 2.45) is 0 Å². The Morgan fingerprint density at radius 3 is 2.30 bits per heavy atom. The number of carbonyl (C=O) groups excluding carboxylic acids is 4. The lowest BCUT2D eigenvalue weighted by atomic mass is 9.80. The number of hydrogen-bond acceptors (Lipinski definition) is 8. The zero-order chi connectivity index (χ0) is 27.8. The first-order valence-electron chi connectivity index (χ1n) is 11.0. The van der Waals surface area contributed by atoms with Gasteiger partial charge in [-0.3, -0.25) is 9.59 Å². The van der Waals surface area contributed by atoms with Crippen molar-refractivity contribution in [2.45, 2.75) is 31.9 Å². The van der Waals surface area contributed by atoms with Crippen LogP contribution in [0.15, 0.2) is 46.8 Å². The number of halogens is 4. The van der Waals surface area contributed by atoms with Crippen LogP contribution in [0.1, 0.15) is 31.2 Å². The van der Waals surface area contributed by atoms with Crippen LogP contribution in [0.4, 0.5) is 13.2 Å². The number of nitrogens with one attached hydrogen (secondary N) is 2. The number of thioether (sulfide) groups is 1. The number of benzene rings is 1. The molecular weight excluding hydrogens is 537 g/mol. The van der Waals surface area contributed by atoms with Crippen LogP contribution >= 0.6 is 23.4 Å². The van der Waals surface area contributed by atoms with E-state index in [0.29, 0.717) is 34.2 Å². The van der Waals surface area contributed by atoms with Gasteiger partial charge in [0.25, 0.3) is 0 Å². The molecule has 1 aromatic carbocycles. The van der Waals surface area contributed by atoms with Gasteiger partial charge in [0.15, 0.2) is 0 Å². The molecule has 37 heavy (non-hydrogen) atoms. The van der Waals surface area contributed by atoms with E-state index in [1.807, 2.05) is 0 Å². The largest absolute Gasteiger partial charge is 0.466 e. The number of allylic oxidation sites excluding steroid dienone is 1. The summed E-state index contributed by atoms with van der Waals surface area (Å²) < 4.78 is 46.7. The summed E-state index contributed by atoms with van der Waals surface area (Å²) in [6.45, 7) is 1.74. The van der Waals surface area contributed by atoms with Gasteiger partial charge >= 0.3 is 18.1 Å². The van der Waals surface area contributed by atoms with Crippen molar-refractivity contribution in [2.75, 3.05) is 32.3 Å². The van der Waals surface area contributed by atoms with Crippen LogP contribution in [-0.4, -0.2) is 62.1 Å². The van der Waals surface area contributed by atoms with Crippen LogP contribution in [0.2, 0.25) is 5.02 Å². The van der Waals surface area contributed by atoms with Crippen LogP contribution in [0, 0.1) is 0 Å². The molecule has 1 amide bonds. The van der Waals surface area contributed by atoms with Crippen molar-refractivity contribution in [3.05, 3.63) is 57.4 Å². The van der Waals surface area contributed by atoms with Crippen molar-refractivity contribution in [3.63, 3.8) is 0 Å². The van der Waals surface area contributed by atoms with Gasteiger partial charge in [-0.1, -0.05) is 29.8 Å². The van der Waals surface area contributed by atoms with E-state index in [9.17, 15) is 32.3 Å². The topological polar surface area (TPSA) is 111 Å². The number of alkyl halides is 3. The van der Waals surface area contributed by atoms with E-state index < -0.39 is 42.1 Å². The summed E-state index contributed by atoms with van der Waals surface area (Å²) in [7, 11) is 2.45. The van der Waals surface area contributed by atoms with E-state index in [4.69, 9.17) is 21.1 Å². The number of dihydropyridines is 1. The van der Waals surface area contributed by atoms with Gasteiger partial charge in [-0.05, 0) is 30.7 Å².